The third-order valence-corrected chi connectivity index (χ3v) is 10.3. The van der Waals surface area contributed by atoms with Gasteiger partial charge in [-0.2, -0.15) is 0 Å². The molecule has 0 aromatic heterocycles. The number of carbonyl (C=O) groups is 3. The minimum atomic E-state index is -0.468. The fourth-order valence-electron chi connectivity index (χ4n) is 5.63. The molecular weight excluding hydrogens is 592 g/mol. The number of aryl methyl sites for hydroxylation is 2. The molecule has 0 radical (unpaired) electrons. The van der Waals surface area contributed by atoms with Gasteiger partial charge in [-0.05, 0) is 71.9 Å². The fourth-order valence-corrected chi connectivity index (χ4v) is 7.22. The van der Waals surface area contributed by atoms with Crippen molar-refractivity contribution in [3.63, 3.8) is 0 Å². The highest BCUT2D eigenvalue weighted by atomic mass is 35.5. The lowest BCUT2D eigenvalue weighted by molar-refractivity contribution is -0.153. The van der Waals surface area contributed by atoms with Crippen molar-refractivity contribution in [1.82, 2.24) is 0 Å². The average Bonchev–Trinajstić information content (AvgIpc) is 3.84. The summed E-state index contributed by atoms with van der Waals surface area (Å²) >= 11 is 8.04. The first-order valence-electron chi connectivity index (χ1n) is 15.4. The number of fused-ring (bicyclic) bond motifs is 1. The Bertz CT molecular complexity index is 1520. The minimum absolute atomic E-state index is 0.00275. The van der Waals surface area contributed by atoms with Crippen molar-refractivity contribution in [3.8, 4) is 0 Å². The van der Waals surface area contributed by atoms with Gasteiger partial charge in [0.1, 0.15) is 12.4 Å². The third kappa shape index (κ3) is 8.64. The molecule has 0 amide bonds. The molecular formula is C37H39ClO5S. The number of ether oxygens (including phenoxy) is 2. The van der Waals surface area contributed by atoms with E-state index in [1.807, 2.05) is 61.5 Å². The van der Waals surface area contributed by atoms with Gasteiger partial charge in [0.15, 0.2) is 0 Å². The Hall–Kier alpha value is -3.35. The van der Waals surface area contributed by atoms with Gasteiger partial charge in [-0.3, -0.25) is 14.4 Å². The second kappa shape index (κ2) is 15.1. The molecule has 1 fully saturated rings. The minimum Gasteiger partial charge on any atom is -0.465 e. The molecule has 3 aromatic rings. The highest BCUT2D eigenvalue weighted by Gasteiger charge is 2.47. The van der Waals surface area contributed by atoms with Crippen LogP contribution in [-0.4, -0.2) is 24.3 Å². The van der Waals surface area contributed by atoms with Crippen LogP contribution in [0, 0.1) is 30.6 Å². The van der Waals surface area contributed by atoms with Gasteiger partial charge in [0.25, 0.3) is 0 Å². The van der Waals surface area contributed by atoms with Crippen molar-refractivity contribution < 1.29 is 23.9 Å². The molecule has 0 spiro atoms. The van der Waals surface area contributed by atoms with Gasteiger partial charge >= 0.3 is 11.9 Å². The van der Waals surface area contributed by atoms with Crippen molar-refractivity contribution in [1.29, 1.82) is 0 Å². The summed E-state index contributed by atoms with van der Waals surface area (Å²) in [6.45, 7) is 4.08. The van der Waals surface area contributed by atoms with E-state index < -0.39 is 17.8 Å². The smallest absolute Gasteiger partial charge is 0.309 e. The third-order valence-electron chi connectivity index (χ3n) is 8.59. The summed E-state index contributed by atoms with van der Waals surface area (Å²) in [5, 5.41) is 0.694. The van der Waals surface area contributed by atoms with Gasteiger partial charge in [0, 0.05) is 34.1 Å². The molecule has 7 heteroatoms. The van der Waals surface area contributed by atoms with Gasteiger partial charge in [0.2, 0.25) is 0 Å². The van der Waals surface area contributed by atoms with E-state index in [-0.39, 0.29) is 43.2 Å². The molecule has 4 atom stereocenters. The summed E-state index contributed by atoms with van der Waals surface area (Å²) in [6.07, 6.45) is 5.57. The average molecular weight is 631 g/mol. The Morgan fingerprint density at radius 3 is 2.57 bits per heavy atom. The van der Waals surface area contributed by atoms with E-state index in [0.717, 1.165) is 24.0 Å². The van der Waals surface area contributed by atoms with E-state index in [1.54, 1.807) is 11.8 Å². The maximum absolute atomic E-state index is 13.3. The molecule has 3 unspecified atom stereocenters. The zero-order valence-corrected chi connectivity index (χ0v) is 26.9. The molecule has 1 aliphatic heterocycles. The monoisotopic (exact) mass is 630 g/mol. The van der Waals surface area contributed by atoms with Crippen LogP contribution in [0.3, 0.4) is 0 Å². The second-order valence-electron chi connectivity index (χ2n) is 11.9. The van der Waals surface area contributed by atoms with E-state index in [4.69, 9.17) is 21.1 Å². The number of ketones is 1. The lowest BCUT2D eigenvalue weighted by Gasteiger charge is -2.22. The number of hydrogen-bond donors (Lipinski definition) is 0. The second-order valence-corrected chi connectivity index (χ2v) is 13.4. The van der Waals surface area contributed by atoms with E-state index in [1.165, 1.54) is 20.9 Å². The normalized spacial score (nSPS) is 18.4. The van der Waals surface area contributed by atoms with Crippen molar-refractivity contribution in [2.24, 2.45) is 23.7 Å². The number of halogens is 1. The van der Waals surface area contributed by atoms with Crippen LogP contribution in [0.25, 0.3) is 0 Å². The first-order valence-corrected chi connectivity index (χ1v) is 16.6. The van der Waals surface area contributed by atoms with Crippen molar-refractivity contribution in [2.45, 2.75) is 63.9 Å². The number of esters is 2. The number of thioether (sulfide) groups is 1. The number of rotatable bonds is 14. The molecule has 3 aromatic carbocycles. The predicted octanol–water partition coefficient (Wildman–Crippen LogP) is 8.34. The molecule has 0 N–H and O–H groups in total. The number of Topliss-reactive ketones (excluding diaryl/α,β-unsaturated/α-hetero) is 1. The molecule has 230 valence electrons. The number of allylic oxidation sites excluding steroid dienone is 2. The van der Waals surface area contributed by atoms with E-state index in [9.17, 15) is 14.4 Å². The zero-order chi connectivity index (χ0) is 31.1. The Morgan fingerprint density at radius 2 is 1.77 bits per heavy atom. The summed E-state index contributed by atoms with van der Waals surface area (Å²) in [5.41, 5.74) is 4.44. The Kier molecular flexibility index (Phi) is 11.0. The topological polar surface area (TPSA) is 69.7 Å². The van der Waals surface area contributed by atoms with Crippen molar-refractivity contribution >= 4 is 41.1 Å². The molecule has 1 aliphatic carbocycles. The van der Waals surface area contributed by atoms with Crippen LogP contribution in [0.2, 0.25) is 5.02 Å². The predicted molar refractivity (Wildman–Crippen MR) is 174 cm³/mol. The van der Waals surface area contributed by atoms with E-state index in [0.29, 0.717) is 24.3 Å². The van der Waals surface area contributed by atoms with Crippen LogP contribution in [0.15, 0.2) is 88.7 Å². The first kappa shape index (κ1) is 32.1. The standard InChI is InChI=1S/C37H39ClO5S/c1-24-15-16-28-17-18-34(44-35(28)19-24)30-21-31(30)37(41)43-23-29(20-36(40)42-22-26-9-4-3-5-10-26)25(2)33(39)14-8-12-27-11-6-7-13-32(27)38/h3-7,9-11,13,15-16,18-19,25,29-31H,8,12,14,17,20-23H2,1-2H3/t25?,29-,30?,31?/m0/s1. The molecule has 1 saturated carbocycles. The number of hydrogen-bond acceptors (Lipinski definition) is 6. The molecule has 5 rings (SSSR count). The van der Waals surface area contributed by atoms with E-state index >= 15 is 0 Å². The number of benzene rings is 3. The Balaban J connectivity index is 1.16. The molecule has 44 heavy (non-hydrogen) atoms. The van der Waals surface area contributed by atoms with E-state index in [2.05, 4.69) is 31.2 Å². The van der Waals surface area contributed by atoms with Crippen LogP contribution in [0.5, 0.6) is 0 Å². The molecule has 0 saturated heterocycles. The fraction of sp³-hybridized carbons (Fsp3) is 0.378. The van der Waals surface area contributed by atoms with Gasteiger partial charge in [-0.15, -0.1) is 0 Å². The number of carbonyl (C=O) groups excluding carboxylic acids is 3. The van der Waals surface area contributed by atoms with Crippen LogP contribution < -0.4 is 0 Å². The van der Waals surface area contributed by atoms with Crippen molar-refractivity contribution in [2.75, 3.05) is 6.61 Å². The van der Waals surface area contributed by atoms with Gasteiger partial charge in [0.05, 0.1) is 18.9 Å². The van der Waals surface area contributed by atoms with Crippen LogP contribution in [-0.2, 0) is 43.3 Å². The van der Waals surface area contributed by atoms with Gasteiger partial charge in [-0.1, -0.05) is 97.0 Å². The van der Waals surface area contributed by atoms with Crippen LogP contribution in [0.4, 0.5) is 0 Å². The van der Waals surface area contributed by atoms with Crippen LogP contribution >= 0.6 is 23.4 Å². The summed E-state index contributed by atoms with van der Waals surface area (Å²) in [5.74, 6) is -1.59. The maximum Gasteiger partial charge on any atom is 0.309 e. The molecule has 5 nitrogen and oxygen atoms in total. The summed E-state index contributed by atoms with van der Waals surface area (Å²) in [6, 6.07) is 23.6. The first-order chi connectivity index (χ1) is 21.3. The van der Waals surface area contributed by atoms with Crippen LogP contribution in [0.1, 0.15) is 54.9 Å². The Morgan fingerprint density at radius 1 is 1.00 bits per heavy atom. The SMILES string of the molecule is Cc1ccc2c(c1)SC(C1CC1C(=O)OC[C@H](CC(=O)OCc1ccccc1)C(C)C(=O)CCCc1ccccc1Cl)=CC2. The zero-order valence-electron chi connectivity index (χ0n) is 25.3. The summed E-state index contributed by atoms with van der Waals surface area (Å²) in [4.78, 5) is 41.8. The van der Waals surface area contributed by atoms with Gasteiger partial charge in [-0.25, -0.2) is 0 Å². The molecule has 0 bridgehead atoms. The Labute approximate surface area is 269 Å². The summed E-state index contributed by atoms with van der Waals surface area (Å²) in [7, 11) is 0. The molecule has 1 heterocycles. The summed E-state index contributed by atoms with van der Waals surface area (Å²) < 4.78 is 11.3. The molecule has 2 aliphatic rings. The van der Waals surface area contributed by atoms with Gasteiger partial charge < -0.3 is 9.47 Å². The highest BCUT2D eigenvalue weighted by molar-refractivity contribution is 8.03. The lowest BCUT2D eigenvalue weighted by atomic mass is 9.86. The highest BCUT2D eigenvalue weighted by Crippen LogP contribution is 2.52. The van der Waals surface area contributed by atoms with Crippen molar-refractivity contribution in [3.05, 3.63) is 111 Å². The lowest BCUT2D eigenvalue weighted by Crippen LogP contribution is -2.29. The quantitative estimate of drug-likeness (QED) is 0.167. The largest absolute Gasteiger partial charge is 0.465 e. The maximum atomic E-state index is 13.3.